The minimum absolute atomic E-state index is 0.178. The van der Waals surface area contributed by atoms with Crippen LogP contribution < -0.4 is 5.43 Å². The fraction of sp³-hybridized carbons (Fsp3) is 0.350. The summed E-state index contributed by atoms with van der Waals surface area (Å²) in [5.74, 6) is 0.423. The number of nitrogens with zero attached hydrogens (tertiary/aromatic N) is 3. The number of sulfonamides is 1. The fourth-order valence-electron chi connectivity index (χ4n) is 2.78. The van der Waals surface area contributed by atoms with Crippen LogP contribution in [0.5, 0.6) is 0 Å². The van der Waals surface area contributed by atoms with Gasteiger partial charge in [-0.25, -0.2) is 8.42 Å². The normalized spacial score (nSPS) is 12.1. The molecule has 0 fully saturated rings. The largest absolute Gasteiger partial charge is 0.277 e. The van der Waals surface area contributed by atoms with Gasteiger partial charge in [0.05, 0.1) is 16.8 Å². The van der Waals surface area contributed by atoms with Gasteiger partial charge in [0.1, 0.15) is 4.90 Å². The van der Waals surface area contributed by atoms with Gasteiger partial charge in [-0.15, -0.1) is 0 Å². The number of nitro groups is 1. The van der Waals surface area contributed by atoms with E-state index in [-0.39, 0.29) is 29.4 Å². The molecule has 0 saturated heterocycles. The molecule has 0 saturated carbocycles. The highest BCUT2D eigenvalue weighted by Gasteiger charge is 2.27. The molecule has 9 heteroatoms. The van der Waals surface area contributed by atoms with Crippen molar-refractivity contribution in [3.63, 3.8) is 0 Å². The number of anilines is 1. The van der Waals surface area contributed by atoms with E-state index in [0.29, 0.717) is 5.92 Å². The molecule has 0 aliphatic heterocycles. The third kappa shape index (κ3) is 5.39. The molecule has 8 nitrogen and oxygen atoms in total. The topological polar surface area (TPSA) is 105 Å². The zero-order valence-corrected chi connectivity index (χ0v) is 17.8. The Morgan fingerprint density at radius 1 is 1.14 bits per heavy atom. The van der Waals surface area contributed by atoms with E-state index in [1.807, 2.05) is 24.3 Å². The molecule has 0 aliphatic rings. The lowest BCUT2D eigenvalue weighted by atomic mass is 10.0. The standard InChI is InChI=1S/C20H26N4O4S/c1-5-23(6-2)29(27,28)20-13-18(24(25)26)11-12-19(20)22-21-14-16-7-9-17(10-8-16)15(3)4/h7-15,22H,5-6H2,1-4H3. The number of non-ortho nitro benzene ring substituents is 1. The van der Waals surface area contributed by atoms with Crippen LogP contribution in [-0.2, 0) is 10.0 Å². The first kappa shape index (κ1) is 22.5. The van der Waals surface area contributed by atoms with Crippen molar-refractivity contribution >= 4 is 27.6 Å². The predicted molar refractivity (Wildman–Crippen MR) is 115 cm³/mol. The van der Waals surface area contributed by atoms with E-state index in [1.165, 1.54) is 22.0 Å². The maximum atomic E-state index is 12.9. The van der Waals surface area contributed by atoms with E-state index in [1.54, 1.807) is 20.1 Å². The Kier molecular flexibility index (Phi) is 7.46. The maximum absolute atomic E-state index is 12.9. The lowest BCUT2D eigenvalue weighted by Gasteiger charge is -2.20. The molecule has 0 aliphatic carbocycles. The van der Waals surface area contributed by atoms with Gasteiger partial charge in [0, 0.05) is 25.2 Å². The average Bonchev–Trinajstić information content (AvgIpc) is 2.69. The number of hydrogen-bond donors (Lipinski definition) is 1. The number of nitro benzene ring substituents is 1. The Bertz CT molecular complexity index is 982. The summed E-state index contributed by atoms with van der Waals surface area (Å²) in [6.07, 6.45) is 1.57. The molecule has 0 bridgehead atoms. The van der Waals surface area contributed by atoms with E-state index in [2.05, 4.69) is 24.4 Å². The zero-order chi connectivity index (χ0) is 21.6. The van der Waals surface area contributed by atoms with Gasteiger partial charge in [-0.05, 0) is 23.1 Å². The molecule has 0 atom stereocenters. The summed E-state index contributed by atoms with van der Waals surface area (Å²) in [7, 11) is -3.91. The molecule has 0 radical (unpaired) electrons. The lowest BCUT2D eigenvalue weighted by Crippen LogP contribution is -2.31. The third-order valence-corrected chi connectivity index (χ3v) is 6.59. The Morgan fingerprint density at radius 2 is 1.76 bits per heavy atom. The summed E-state index contributed by atoms with van der Waals surface area (Å²) in [6.45, 7) is 8.15. The van der Waals surface area contributed by atoms with Gasteiger partial charge in [0.25, 0.3) is 5.69 Å². The van der Waals surface area contributed by atoms with Crippen LogP contribution in [0, 0.1) is 10.1 Å². The Labute approximate surface area is 171 Å². The van der Waals surface area contributed by atoms with Crippen molar-refractivity contribution in [1.82, 2.24) is 4.31 Å². The monoisotopic (exact) mass is 418 g/mol. The van der Waals surface area contributed by atoms with Crippen molar-refractivity contribution in [1.29, 1.82) is 0 Å². The van der Waals surface area contributed by atoms with E-state index in [9.17, 15) is 18.5 Å². The van der Waals surface area contributed by atoms with Crippen molar-refractivity contribution in [2.45, 2.75) is 38.5 Å². The molecule has 0 spiro atoms. The van der Waals surface area contributed by atoms with Crippen LogP contribution in [0.1, 0.15) is 44.7 Å². The Morgan fingerprint density at radius 3 is 2.28 bits per heavy atom. The van der Waals surface area contributed by atoms with Crippen LogP contribution in [0.2, 0.25) is 0 Å². The molecular formula is C20H26N4O4S. The van der Waals surface area contributed by atoms with Gasteiger partial charge in [-0.3, -0.25) is 15.5 Å². The second-order valence-corrected chi connectivity index (χ2v) is 8.62. The molecule has 0 aromatic heterocycles. The highest BCUT2D eigenvalue weighted by Crippen LogP contribution is 2.29. The molecule has 0 unspecified atom stereocenters. The number of hydrogen-bond acceptors (Lipinski definition) is 6. The molecule has 29 heavy (non-hydrogen) atoms. The van der Waals surface area contributed by atoms with Crippen molar-refractivity contribution in [3.8, 4) is 0 Å². The van der Waals surface area contributed by atoms with Gasteiger partial charge >= 0.3 is 0 Å². The Balaban J connectivity index is 2.35. The zero-order valence-electron chi connectivity index (χ0n) is 17.0. The predicted octanol–water partition coefficient (Wildman–Crippen LogP) is 4.19. The first-order valence-electron chi connectivity index (χ1n) is 9.38. The SMILES string of the molecule is CCN(CC)S(=O)(=O)c1cc([N+](=O)[O-])ccc1NN=Cc1ccc(C(C)C)cc1. The first-order valence-corrected chi connectivity index (χ1v) is 10.8. The van der Waals surface area contributed by atoms with E-state index < -0.39 is 14.9 Å². The molecule has 0 amide bonds. The molecule has 0 heterocycles. The summed E-state index contributed by atoms with van der Waals surface area (Å²) in [6, 6.07) is 11.5. The van der Waals surface area contributed by atoms with E-state index in [0.717, 1.165) is 11.6 Å². The molecule has 2 aromatic rings. The highest BCUT2D eigenvalue weighted by atomic mass is 32.2. The number of rotatable bonds is 9. The van der Waals surface area contributed by atoms with Crippen LogP contribution in [0.15, 0.2) is 52.5 Å². The summed E-state index contributed by atoms with van der Waals surface area (Å²) >= 11 is 0. The summed E-state index contributed by atoms with van der Waals surface area (Å²) in [5.41, 5.74) is 4.65. The minimum atomic E-state index is -3.91. The van der Waals surface area contributed by atoms with Gasteiger partial charge in [-0.1, -0.05) is 52.0 Å². The molecule has 2 rings (SSSR count). The van der Waals surface area contributed by atoms with Gasteiger partial charge < -0.3 is 0 Å². The smallest absolute Gasteiger partial charge is 0.270 e. The van der Waals surface area contributed by atoms with Crippen LogP contribution in [0.4, 0.5) is 11.4 Å². The molecular weight excluding hydrogens is 392 g/mol. The first-order chi connectivity index (χ1) is 13.7. The molecule has 2 aromatic carbocycles. The third-order valence-electron chi connectivity index (χ3n) is 4.50. The lowest BCUT2D eigenvalue weighted by molar-refractivity contribution is -0.385. The van der Waals surface area contributed by atoms with Gasteiger partial charge in [0.15, 0.2) is 0 Å². The highest BCUT2D eigenvalue weighted by molar-refractivity contribution is 7.89. The fourth-order valence-corrected chi connectivity index (χ4v) is 4.40. The second-order valence-electron chi connectivity index (χ2n) is 6.72. The van der Waals surface area contributed by atoms with E-state index >= 15 is 0 Å². The van der Waals surface area contributed by atoms with Gasteiger partial charge in [0.2, 0.25) is 10.0 Å². The van der Waals surface area contributed by atoms with Crippen LogP contribution in [0.3, 0.4) is 0 Å². The van der Waals surface area contributed by atoms with Gasteiger partial charge in [-0.2, -0.15) is 9.41 Å². The molecule has 1 N–H and O–H groups in total. The van der Waals surface area contributed by atoms with Crippen molar-refractivity contribution in [3.05, 3.63) is 63.7 Å². The summed E-state index contributed by atoms with van der Waals surface area (Å²) < 4.78 is 27.1. The summed E-state index contributed by atoms with van der Waals surface area (Å²) in [4.78, 5) is 10.3. The van der Waals surface area contributed by atoms with Crippen LogP contribution in [0.25, 0.3) is 0 Å². The maximum Gasteiger partial charge on any atom is 0.270 e. The number of hydrazone groups is 1. The van der Waals surface area contributed by atoms with Crippen molar-refractivity contribution in [2.75, 3.05) is 18.5 Å². The minimum Gasteiger partial charge on any atom is -0.277 e. The van der Waals surface area contributed by atoms with Crippen molar-refractivity contribution in [2.24, 2.45) is 5.10 Å². The summed E-state index contributed by atoms with van der Waals surface area (Å²) in [5, 5.41) is 15.2. The quantitative estimate of drug-likeness (QED) is 0.373. The van der Waals surface area contributed by atoms with Crippen molar-refractivity contribution < 1.29 is 13.3 Å². The van der Waals surface area contributed by atoms with Crippen LogP contribution >= 0.6 is 0 Å². The average molecular weight is 419 g/mol. The van der Waals surface area contributed by atoms with Crippen LogP contribution in [-0.4, -0.2) is 37.0 Å². The number of benzene rings is 2. The number of nitrogens with one attached hydrogen (secondary N) is 1. The Hall–Kier alpha value is -2.78. The second kappa shape index (κ2) is 9.62. The van der Waals surface area contributed by atoms with E-state index in [4.69, 9.17) is 0 Å². The molecule has 156 valence electrons.